The molecule has 0 spiro atoms. The molecule has 1 saturated heterocycles. The van der Waals surface area contributed by atoms with E-state index in [-0.39, 0.29) is 11.8 Å². The Bertz CT molecular complexity index is 1070. The van der Waals surface area contributed by atoms with Gasteiger partial charge in [0.05, 0.1) is 12.4 Å². The number of hydrogen-bond donors (Lipinski definition) is 3. The van der Waals surface area contributed by atoms with Crippen LogP contribution in [0.1, 0.15) is 48.4 Å². The van der Waals surface area contributed by atoms with E-state index in [1.165, 1.54) is 17.7 Å². The monoisotopic (exact) mass is 471 g/mol. The van der Waals surface area contributed by atoms with Crippen molar-refractivity contribution in [2.45, 2.75) is 32.9 Å². The predicted octanol–water partition coefficient (Wildman–Crippen LogP) is 1.54. The van der Waals surface area contributed by atoms with E-state index in [1.807, 2.05) is 0 Å². The number of hydrogen-bond acceptors (Lipinski definition) is 9. The summed E-state index contributed by atoms with van der Waals surface area (Å²) >= 11 is 1.34. The molecule has 176 valence electrons. The van der Waals surface area contributed by atoms with Crippen molar-refractivity contribution in [1.29, 1.82) is 0 Å². The smallest absolute Gasteiger partial charge is 0.265 e. The van der Waals surface area contributed by atoms with Gasteiger partial charge in [-0.15, -0.1) is 0 Å². The first-order valence-corrected chi connectivity index (χ1v) is 11.9. The molecule has 1 atom stereocenters. The standard InChI is InChI=1S/C21H29N9O2S/c1-13(2)4-5-16(31)26-19(18-25-14-10-22-12-24-17(14)27-18)28-20(32)15-11-23-21(33-15)30-8-6-29(3)7-9-30/h10-13,19H,4-9H2,1-3H3,(H,26,31)(H,28,32)(H,22,24,25,27). The molecule has 1 unspecified atom stereocenters. The maximum atomic E-state index is 13.1. The molecular weight excluding hydrogens is 442 g/mol. The van der Waals surface area contributed by atoms with E-state index >= 15 is 0 Å². The molecule has 3 N–H and O–H groups in total. The minimum absolute atomic E-state index is 0.164. The molecular formula is C21H29N9O2S. The van der Waals surface area contributed by atoms with Crippen molar-refractivity contribution in [2.75, 3.05) is 38.1 Å². The number of carbonyl (C=O) groups excluding carboxylic acids is 2. The lowest BCUT2D eigenvalue weighted by Crippen LogP contribution is -2.44. The highest BCUT2D eigenvalue weighted by molar-refractivity contribution is 7.17. The summed E-state index contributed by atoms with van der Waals surface area (Å²) < 4.78 is 0. The van der Waals surface area contributed by atoms with Crippen molar-refractivity contribution in [3.05, 3.63) is 29.4 Å². The number of likely N-dealkylation sites (N-methyl/N-ethyl adjacent to an activating group) is 1. The molecule has 0 aromatic carbocycles. The molecule has 1 fully saturated rings. The third-order valence-corrected chi connectivity index (χ3v) is 6.53. The summed E-state index contributed by atoms with van der Waals surface area (Å²) in [6.45, 7) is 7.79. The number of piperazine rings is 1. The van der Waals surface area contributed by atoms with Gasteiger partial charge in [0.1, 0.15) is 16.7 Å². The van der Waals surface area contributed by atoms with Crippen LogP contribution in [0.5, 0.6) is 0 Å². The van der Waals surface area contributed by atoms with Crippen LogP contribution in [-0.4, -0.2) is 74.9 Å². The predicted molar refractivity (Wildman–Crippen MR) is 126 cm³/mol. The normalized spacial score (nSPS) is 15.7. The number of nitrogens with one attached hydrogen (secondary N) is 3. The lowest BCUT2D eigenvalue weighted by Gasteiger charge is -2.32. The van der Waals surface area contributed by atoms with Crippen molar-refractivity contribution in [3.63, 3.8) is 0 Å². The van der Waals surface area contributed by atoms with Crippen LogP contribution >= 0.6 is 11.3 Å². The fourth-order valence-electron chi connectivity index (χ4n) is 3.46. The van der Waals surface area contributed by atoms with Crippen LogP contribution in [0.15, 0.2) is 18.7 Å². The summed E-state index contributed by atoms with van der Waals surface area (Å²) in [5.74, 6) is 0.299. The van der Waals surface area contributed by atoms with Crippen molar-refractivity contribution in [1.82, 2.24) is 40.5 Å². The molecule has 3 aromatic heterocycles. The largest absolute Gasteiger partial charge is 0.346 e. The molecule has 1 aliphatic rings. The summed E-state index contributed by atoms with van der Waals surface area (Å²) in [5.41, 5.74) is 1.09. The van der Waals surface area contributed by atoms with Crippen molar-refractivity contribution in [2.24, 2.45) is 5.92 Å². The highest BCUT2D eigenvalue weighted by atomic mass is 32.1. The third-order valence-electron chi connectivity index (χ3n) is 5.47. The molecule has 0 aliphatic carbocycles. The molecule has 12 heteroatoms. The van der Waals surface area contributed by atoms with Gasteiger partial charge >= 0.3 is 0 Å². The molecule has 1 aliphatic heterocycles. The van der Waals surface area contributed by atoms with Crippen LogP contribution in [0.25, 0.3) is 11.2 Å². The van der Waals surface area contributed by atoms with Gasteiger partial charge in [-0.2, -0.15) is 0 Å². The van der Waals surface area contributed by atoms with E-state index < -0.39 is 6.17 Å². The number of anilines is 1. The Kier molecular flexibility index (Phi) is 7.14. The van der Waals surface area contributed by atoms with Gasteiger partial charge in [0.25, 0.3) is 5.91 Å². The van der Waals surface area contributed by atoms with Crippen molar-refractivity contribution in [3.8, 4) is 0 Å². The number of amides is 2. The van der Waals surface area contributed by atoms with Gasteiger partial charge in [0, 0.05) is 32.6 Å². The van der Waals surface area contributed by atoms with Gasteiger partial charge in [-0.25, -0.2) is 19.9 Å². The maximum absolute atomic E-state index is 13.1. The van der Waals surface area contributed by atoms with Crippen LogP contribution < -0.4 is 15.5 Å². The minimum atomic E-state index is -0.833. The number of rotatable bonds is 8. The Morgan fingerprint density at radius 3 is 2.67 bits per heavy atom. The Hall–Kier alpha value is -3.12. The number of thiazole rings is 1. The van der Waals surface area contributed by atoms with Gasteiger partial charge < -0.3 is 25.4 Å². The summed E-state index contributed by atoms with van der Waals surface area (Å²) in [4.78, 5) is 50.6. The summed E-state index contributed by atoms with van der Waals surface area (Å²) in [5, 5.41) is 6.59. The van der Waals surface area contributed by atoms with E-state index in [2.05, 4.69) is 66.2 Å². The van der Waals surface area contributed by atoms with Gasteiger partial charge in [-0.3, -0.25) is 9.59 Å². The number of H-pyrrole nitrogens is 1. The highest BCUT2D eigenvalue weighted by Crippen LogP contribution is 2.24. The third kappa shape index (κ3) is 5.82. The van der Waals surface area contributed by atoms with E-state index in [1.54, 1.807) is 12.4 Å². The van der Waals surface area contributed by atoms with Crippen molar-refractivity contribution < 1.29 is 9.59 Å². The second kappa shape index (κ2) is 10.2. The first-order valence-electron chi connectivity index (χ1n) is 11.0. The number of aromatic nitrogens is 5. The molecule has 0 saturated carbocycles. The molecule has 3 aromatic rings. The topological polar surface area (TPSA) is 132 Å². The zero-order valence-corrected chi connectivity index (χ0v) is 19.9. The lowest BCUT2D eigenvalue weighted by atomic mass is 10.1. The number of fused-ring (bicyclic) bond motifs is 1. The summed E-state index contributed by atoms with van der Waals surface area (Å²) in [7, 11) is 2.09. The number of aromatic amines is 1. The Morgan fingerprint density at radius 1 is 1.15 bits per heavy atom. The number of carbonyl (C=O) groups is 2. The average Bonchev–Trinajstić information content (AvgIpc) is 3.45. The minimum Gasteiger partial charge on any atom is -0.346 e. The van der Waals surface area contributed by atoms with E-state index in [0.29, 0.717) is 34.2 Å². The quantitative estimate of drug-likeness (QED) is 0.422. The van der Waals surface area contributed by atoms with Gasteiger partial charge in [-0.1, -0.05) is 25.2 Å². The molecule has 2 amide bonds. The highest BCUT2D eigenvalue weighted by Gasteiger charge is 2.24. The van der Waals surface area contributed by atoms with Gasteiger partial charge in [-0.05, 0) is 19.4 Å². The number of imidazole rings is 1. The molecule has 4 heterocycles. The van der Waals surface area contributed by atoms with Gasteiger partial charge in [0.15, 0.2) is 22.8 Å². The average molecular weight is 472 g/mol. The van der Waals surface area contributed by atoms with Crippen LogP contribution in [0.3, 0.4) is 0 Å². The first-order chi connectivity index (χ1) is 15.9. The molecule has 11 nitrogen and oxygen atoms in total. The maximum Gasteiger partial charge on any atom is 0.265 e. The Balaban J connectivity index is 1.49. The second-order valence-electron chi connectivity index (χ2n) is 8.59. The molecule has 0 radical (unpaired) electrons. The summed E-state index contributed by atoms with van der Waals surface area (Å²) in [6, 6.07) is 0. The molecule has 33 heavy (non-hydrogen) atoms. The summed E-state index contributed by atoms with van der Waals surface area (Å²) in [6.07, 6.45) is 4.86. The van der Waals surface area contributed by atoms with Crippen LogP contribution in [0, 0.1) is 5.92 Å². The van der Waals surface area contributed by atoms with E-state index in [0.717, 1.165) is 37.7 Å². The molecule has 4 rings (SSSR count). The van der Waals surface area contributed by atoms with Crippen LogP contribution in [0.2, 0.25) is 0 Å². The fourth-order valence-corrected chi connectivity index (χ4v) is 4.33. The molecule has 0 bridgehead atoms. The van der Waals surface area contributed by atoms with Crippen LogP contribution in [-0.2, 0) is 4.79 Å². The number of nitrogens with zero attached hydrogens (tertiary/aromatic N) is 6. The fraction of sp³-hybridized carbons (Fsp3) is 0.524. The first kappa shape index (κ1) is 23.1. The van der Waals surface area contributed by atoms with Gasteiger partial charge in [0.2, 0.25) is 5.91 Å². The Labute approximate surface area is 196 Å². The van der Waals surface area contributed by atoms with Crippen LogP contribution in [0.4, 0.5) is 5.13 Å². The van der Waals surface area contributed by atoms with E-state index in [4.69, 9.17) is 0 Å². The lowest BCUT2D eigenvalue weighted by molar-refractivity contribution is -0.122. The zero-order chi connectivity index (χ0) is 23.4. The Morgan fingerprint density at radius 2 is 1.94 bits per heavy atom. The zero-order valence-electron chi connectivity index (χ0n) is 19.0. The van der Waals surface area contributed by atoms with E-state index in [9.17, 15) is 9.59 Å². The SMILES string of the molecule is CC(C)CCC(=O)NC(NC(=O)c1cnc(N2CCN(C)CC2)s1)c1nc2ncncc2[nH]1. The van der Waals surface area contributed by atoms with Crippen molar-refractivity contribution >= 4 is 39.4 Å². The second-order valence-corrected chi connectivity index (χ2v) is 9.60.